The summed E-state index contributed by atoms with van der Waals surface area (Å²) in [5.74, 6) is -0.707. The average Bonchev–Trinajstić information content (AvgIpc) is 2.65. The Kier molecular flexibility index (Phi) is 6.13. The van der Waals surface area contributed by atoms with E-state index in [1.165, 1.54) is 18.2 Å². The fraction of sp³-hybridized carbons (Fsp3) is 0.200. The highest BCUT2D eigenvalue weighted by atomic mass is 32.2. The van der Waals surface area contributed by atoms with Gasteiger partial charge in [-0.2, -0.15) is 5.26 Å². The maximum absolute atomic E-state index is 13.7. The lowest BCUT2D eigenvalue weighted by atomic mass is 9.83. The molecule has 0 aliphatic carbocycles. The number of hydrogen-bond acceptors (Lipinski definition) is 4. The Balaban J connectivity index is 2.16. The first-order valence-electron chi connectivity index (χ1n) is 8.12. The van der Waals surface area contributed by atoms with Gasteiger partial charge in [0.05, 0.1) is 16.4 Å². The third-order valence-electron chi connectivity index (χ3n) is 4.19. The van der Waals surface area contributed by atoms with Crippen molar-refractivity contribution in [2.75, 3.05) is 0 Å². The van der Waals surface area contributed by atoms with E-state index in [1.807, 2.05) is 0 Å². The van der Waals surface area contributed by atoms with Crippen molar-refractivity contribution >= 4 is 15.7 Å². The van der Waals surface area contributed by atoms with Crippen LogP contribution in [0.3, 0.4) is 0 Å². The Morgan fingerprint density at radius 1 is 1.19 bits per heavy atom. The Bertz CT molecular complexity index is 1000. The van der Waals surface area contributed by atoms with E-state index in [4.69, 9.17) is 5.26 Å². The summed E-state index contributed by atoms with van der Waals surface area (Å²) in [6.45, 7) is 3.45. The fourth-order valence-electron chi connectivity index (χ4n) is 2.43. The zero-order chi connectivity index (χ0) is 20.1. The van der Waals surface area contributed by atoms with Crippen molar-refractivity contribution in [1.82, 2.24) is 5.32 Å². The minimum Gasteiger partial charge on any atom is -0.351 e. The summed E-state index contributed by atoms with van der Waals surface area (Å²) in [5, 5.41) is 12.0. The quantitative estimate of drug-likeness (QED) is 0.772. The molecule has 5 nitrogen and oxygen atoms in total. The predicted octanol–water partition coefficient (Wildman–Crippen LogP) is 3.23. The van der Waals surface area contributed by atoms with Gasteiger partial charge < -0.3 is 5.32 Å². The molecule has 7 heteroatoms. The first kappa shape index (κ1) is 20.3. The molecule has 0 saturated heterocycles. The number of amides is 1. The number of nitrogens with one attached hydrogen (secondary N) is 1. The van der Waals surface area contributed by atoms with Crippen LogP contribution in [0.4, 0.5) is 4.39 Å². The van der Waals surface area contributed by atoms with E-state index in [2.05, 4.69) is 5.32 Å². The summed E-state index contributed by atoms with van der Waals surface area (Å²) in [6, 6.07) is 13.7. The normalized spacial score (nSPS) is 11.9. The summed E-state index contributed by atoms with van der Waals surface area (Å²) >= 11 is 0. The first-order valence-corrected chi connectivity index (χ1v) is 9.66. The molecule has 2 aromatic carbocycles. The Morgan fingerprint density at radius 3 is 2.41 bits per heavy atom. The van der Waals surface area contributed by atoms with Gasteiger partial charge >= 0.3 is 0 Å². The van der Waals surface area contributed by atoms with Gasteiger partial charge in [0.15, 0.2) is 0 Å². The molecule has 0 aromatic heterocycles. The zero-order valence-corrected chi connectivity index (χ0v) is 15.8. The molecule has 27 heavy (non-hydrogen) atoms. The van der Waals surface area contributed by atoms with E-state index in [9.17, 15) is 17.6 Å². The minimum atomic E-state index is -3.70. The summed E-state index contributed by atoms with van der Waals surface area (Å²) in [6.07, 6.45) is 0.892. The summed E-state index contributed by atoms with van der Waals surface area (Å²) in [5.41, 5.74) is 0.0416. The van der Waals surface area contributed by atoms with Gasteiger partial charge in [0.2, 0.25) is 15.7 Å². The topological polar surface area (TPSA) is 87.0 Å². The van der Waals surface area contributed by atoms with Crippen LogP contribution in [0, 0.1) is 17.1 Å². The van der Waals surface area contributed by atoms with Crippen LogP contribution in [0.5, 0.6) is 0 Å². The monoisotopic (exact) mass is 386 g/mol. The van der Waals surface area contributed by atoms with Crippen LogP contribution in [0.25, 0.3) is 0 Å². The molecule has 2 rings (SSSR count). The van der Waals surface area contributed by atoms with Crippen LogP contribution < -0.4 is 5.32 Å². The van der Waals surface area contributed by atoms with E-state index in [-0.39, 0.29) is 17.3 Å². The molecule has 0 spiro atoms. The molecule has 1 N–H and O–H groups in total. The van der Waals surface area contributed by atoms with E-state index in [0.717, 1.165) is 11.5 Å². The van der Waals surface area contributed by atoms with Gasteiger partial charge in [-0.1, -0.05) is 30.3 Å². The van der Waals surface area contributed by atoms with Gasteiger partial charge in [-0.15, -0.1) is 0 Å². The number of carbonyl (C=O) groups excluding carboxylic acids is 1. The molecule has 0 radical (unpaired) electrons. The van der Waals surface area contributed by atoms with E-state index in [1.54, 1.807) is 50.2 Å². The molecular formula is C20H19FN2O3S. The second kappa shape index (κ2) is 8.14. The molecule has 0 bridgehead atoms. The Labute approximate surface area is 158 Å². The number of nitriles is 1. The zero-order valence-electron chi connectivity index (χ0n) is 14.9. The van der Waals surface area contributed by atoms with Gasteiger partial charge in [0.25, 0.3) is 0 Å². The van der Waals surface area contributed by atoms with Crippen molar-refractivity contribution in [2.45, 2.75) is 30.7 Å². The number of rotatable bonds is 6. The maximum Gasteiger partial charge on any atom is 0.230 e. The van der Waals surface area contributed by atoms with Crippen LogP contribution in [0.2, 0.25) is 0 Å². The Morgan fingerprint density at radius 2 is 1.81 bits per heavy atom. The standard InChI is InChI=1S/C20H19FN2O3S/c1-20(2,19(24)23-14-15-6-3-4-7-18(15)21)16-8-10-17(11-9-16)27(25,26)13-5-12-22/h3-11,13H,14H2,1-2H3,(H,23,24). The number of sulfone groups is 1. The van der Waals surface area contributed by atoms with Gasteiger partial charge in [-0.25, -0.2) is 12.8 Å². The highest BCUT2D eigenvalue weighted by molar-refractivity contribution is 7.94. The van der Waals surface area contributed by atoms with Crippen LogP contribution in [-0.4, -0.2) is 14.3 Å². The van der Waals surface area contributed by atoms with E-state index < -0.39 is 21.1 Å². The van der Waals surface area contributed by atoms with Crippen LogP contribution in [0.15, 0.2) is 64.9 Å². The summed E-state index contributed by atoms with van der Waals surface area (Å²) in [7, 11) is -3.70. The number of hydrogen-bond donors (Lipinski definition) is 1. The number of halogens is 1. The van der Waals surface area contributed by atoms with E-state index in [0.29, 0.717) is 11.1 Å². The molecule has 0 unspecified atom stereocenters. The number of nitrogens with zero attached hydrogens (tertiary/aromatic N) is 1. The molecule has 1 amide bonds. The lowest BCUT2D eigenvalue weighted by Crippen LogP contribution is -2.39. The van der Waals surface area contributed by atoms with Gasteiger partial charge in [-0.3, -0.25) is 4.79 Å². The third kappa shape index (κ3) is 4.80. The SMILES string of the molecule is CC(C)(C(=O)NCc1ccccc1F)c1ccc(S(=O)(=O)C=CC#N)cc1. The van der Waals surface area contributed by atoms with Crippen LogP contribution >= 0.6 is 0 Å². The van der Waals surface area contributed by atoms with Gasteiger partial charge in [-0.05, 0) is 37.6 Å². The molecule has 0 aliphatic rings. The lowest BCUT2D eigenvalue weighted by molar-refractivity contribution is -0.125. The molecule has 0 heterocycles. The van der Waals surface area contributed by atoms with Crippen molar-refractivity contribution in [2.24, 2.45) is 0 Å². The van der Waals surface area contributed by atoms with Crippen molar-refractivity contribution in [3.05, 3.63) is 77.0 Å². The predicted molar refractivity (Wildman–Crippen MR) is 99.7 cm³/mol. The number of carbonyl (C=O) groups is 1. The second-order valence-corrected chi connectivity index (χ2v) is 8.23. The minimum absolute atomic E-state index is 0.0281. The average molecular weight is 386 g/mol. The molecular weight excluding hydrogens is 367 g/mol. The van der Waals surface area contributed by atoms with Crippen LogP contribution in [-0.2, 0) is 26.6 Å². The molecule has 0 aliphatic heterocycles. The molecule has 2 aromatic rings. The van der Waals surface area contributed by atoms with Crippen molar-refractivity contribution in [1.29, 1.82) is 5.26 Å². The van der Waals surface area contributed by atoms with Gasteiger partial charge in [0, 0.05) is 23.6 Å². The highest BCUT2D eigenvalue weighted by Crippen LogP contribution is 2.25. The van der Waals surface area contributed by atoms with Crippen molar-refractivity contribution in [3.8, 4) is 6.07 Å². The summed E-state index contributed by atoms with van der Waals surface area (Å²) < 4.78 is 37.7. The van der Waals surface area contributed by atoms with Crippen molar-refractivity contribution < 1.29 is 17.6 Å². The summed E-state index contributed by atoms with van der Waals surface area (Å²) in [4.78, 5) is 12.6. The van der Waals surface area contributed by atoms with Crippen molar-refractivity contribution in [3.63, 3.8) is 0 Å². The fourth-order valence-corrected chi connectivity index (χ4v) is 3.34. The second-order valence-electron chi connectivity index (χ2n) is 6.40. The number of benzene rings is 2. The smallest absolute Gasteiger partial charge is 0.230 e. The largest absolute Gasteiger partial charge is 0.351 e. The Hall–Kier alpha value is -2.98. The third-order valence-corrected chi connectivity index (χ3v) is 5.61. The maximum atomic E-state index is 13.7. The lowest BCUT2D eigenvalue weighted by Gasteiger charge is -2.24. The first-order chi connectivity index (χ1) is 12.7. The number of allylic oxidation sites excluding steroid dienone is 1. The molecule has 0 saturated carbocycles. The molecule has 0 fully saturated rings. The van der Waals surface area contributed by atoms with E-state index >= 15 is 0 Å². The van der Waals surface area contributed by atoms with Gasteiger partial charge in [0.1, 0.15) is 5.82 Å². The highest BCUT2D eigenvalue weighted by Gasteiger charge is 2.30. The molecule has 0 atom stereocenters. The van der Waals surface area contributed by atoms with Crippen LogP contribution in [0.1, 0.15) is 25.0 Å². The molecule has 140 valence electrons.